The van der Waals surface area contributed by atoms with Crippen LogP contribution in [-0.2, 0) is 4.79 Å². The number of nitrogens with one attached hydrogen (secondary N) is 1. The average molecular weight is 311 g/mol. The van der Waals surface area contributed by atoms with Gasteiger partial charge in [-0.15, -0.1) is 0 Å². The van der Waals surface area contributed by atoms with Crippen LogP contribution in [0.4, 0.5) is 0 Å². The highest BCUT2D eigenvalue weighted by molar-refractivity contribution is 5.81. The van der Waals surface area contributed by atoms with Crippen LogP contribution >= 0.6 is 0 Å². The number of hydrogen-bond acceptors (Lipinski definition) is 2. The Morgan fingerprint density at radius 3 is 2.48 bits per heavy atom. The second-order valence-electron chi connectivity index (χ2n) is 5.92. The van der Waals surface area contributed by atoms with E-state index in [9.17, 15) is 4.79 Å². The molecule has 0 aromatic heterocycles. The van der Waals surface area contributed by atoms with Gasteiger partial charge in [-0.25, -0.2) is 0 Å². The zero-order valence-corrected chi connectivity index (χ0v) is 14.3. The van der Waals surface area contributed by atoms with Gasteiger partial charge in [0.1, 0.15) is 5.75 Å². The molecule has 0 bridgehead atoms. The van der Waals surface area contributed by atoms with Crippen LogP contribution in [0.15, 0.2) is 48.5 Å². The SMILES string of the molecule is CC[C@H](Oc1cc(C)ccc1C)C(=O)N[C@H](C)c1ccccc1. The zero-order valence-electron chi connectivity index (χ0n) is 14.3. The maximum Gasteiger partial charge on any atom is 0.261 e. The standard InChI is InChI=1S/C20H25NO2/c1-5-18(23-19-13-14(2)11-12-15(19)3)20(22)21-16(4)17-9-7-6-8-10-17/h6-13,16,18H,5H2,1-4H3,(H,21,22)/t16-,18+/m1/s1. The number of benzene rings is 2. The first-order valence-corrected chi connectivity index (χ1v) is 8.10. The Labute approximate surface area is 138 Å². The van der Waals surface area contributed by atoms with E-state index < -0.39 is 6.10 Å². The number of amides is 1. The molecule has 0 heterocycles. The number of aryl methyl sites for hydroxylation is 2. The first-order chi connectivity index (χ1) is 11.0. The Kier molecular flexibility index (Phi) is 5.80. The molecule has 3 heteroatoms. The summed E-state index contributed by atoms with van der Waals surface area (Å²) < 4.78 is 5.96. The summed E-state index contributed by atoms with van der Waals surface area (Å²) in [5.41, 5.74) is 3.25. The molecule has 0 aliphatic rings. The van der Waals surface area contributed by atoms with Crippen molar-refractivity contribution in [1.82, 2.24) is 5.32 Å². The normalized spacial score (nSPS) is 13.2. The van der Waals surface area contributed by atoms with E-state index in [1.54, 1.807) is 0 Å². The third-order valence-electron chi connectivity index (χ3n) is 3.93. The van der Waals surface area contributed by atoms with Gasteiger partial charge in [-0.1, -0.05) is 49.4 Å². The highest BCUT2D eigenvalue weighted by Crippen LogP contribution is 2.21. The lowest BCUT2D eigenvalue weighted by molar-refractivity contribution is -0.128. The number of rotatable bonds is 6. The molecule has 0 aliphatic heterocycles. The number of hydrogen-bond donors (Lipinski definition) is 1. The number of ether oxygens (including phenoxy) is 1. The van der Waals surface area contributed by atoms with Gasteiger partial charge in [0.2, 0.25) is 0 Å². The summed E-state index contributed by atoms with van der Waals surface area (Å²) in [7, 11) is 0. The van der Waals surface area contributed by atoms with Crippen LogP contribution in [0.25, 0.3) is 0 Å². The van der Waals surface area contributed by atoms with Crippen LogP contribution in [0.5, 0.6) is 5.75 Å². The van der Waals surface area contributed by atoms with E-state index in [-0.39, 0.29) is 11.9 Å². The fraction of sp³-hybridized carbons (Fsp3) is 0.350. The highest BCUT2D eigenvalue weighted by Gasteiger charge is 2.21. The van der Waals surface area contributed by atoms with Crippen molar-refractivity contribution >= 4 is 5.91 Å². The van der Waals surface area contributed by atoms with Crippen molar-refractivity contribution < 1.29 is 9.53 Å². The van der Waals surface area contributed by atoms with E-state index >= 15 is 0 Å². The van der Waals surface area contributed by atoms with Gasteiger partial charge in [0.25, 0.3) is 5.91 Å². The first-order valence-electron chi connectivity index (χ1n) is 8.10. The Morgan fingerprint density at radius 1 is 1.13 bits per heavy atom. The highest BCUT2D eigenvalue weighted by atomic mass is 16.5. The largest absolute Gasteiger partial charge is 0.480 e. The van der Waals surface area contributed by atoms with Crippen molar-refractivity contribution in [3.05, 3.63) is 65.2 Å². The van der Waals surface area contributed by atoms with Crippen LogP contribution < -0.4 is 10.1 Å². The lowest BCUT2D eigenvalue weighted by Crippen LogP contribution is -2.39. The smallest absolute Gasteiger partial charge is 0.261 e. The molecule has 3 nitrogen and oxygen atoms in total. The minimum absolute atomic E-state index is 0.0417. The molecule has 0 unspecified atom stereocenters. The van der Waals surface area contributed by atoms with Gasteiger partial charge in [0.15, 0.2) is 6.10 Å². The average Bonchev–Trinajstić information content (AvgIpc) is 2.56. The molecule has 23 heavy (non-hydrogen) atoms. The summed E-state index contributed by atoms with van der Waals surface area (Å²) in [6.07, 6.45) is 0.141. The van der Waals surface area contributed by atoms with E-state index in [4.69, 9.17) is 4.74 Å². The van der Waals surface area contributed by atoms with Crippen LogP contribution in [0.2, 0.25) is 0 Å². The maximum atomic E-state index is 12.5. The van der Waals surface area contributed by atoms with Gasteiger partial charge in [0, 0.05) is 0 Å². The molecule has 0 aliphatic carbocycles. The second-order valence-corrected chi connectivity index (χ2v) is 5.92. The van der Waals surface area contributed by atoms with E-state index in [0.717, 1.165) is 22.4 Å². The fourth-order valence-corrected chi connectivity index (χ4v) is 2.44. The molecule has 1 N–H and O–H groups in total. The van der Waals surface area contributed by atoms with Crippen molar-refractivity contribution in [2.75, 3.05) is 0 Å². The summed E-state index contributed by atoms with van der Waals surface area (Å²) in [4.78, 5) is 12.5. The third kappa shape index (κ3) is 4.59. The topological polar surface area (TPSA) is 38.3 Å². The predicted octanol–water partition coefficient (Wildman–Crippen LogP) is 4.34. The maximum absolute atomic E-state index is 12.5. The predicted molar refractivity (Wildman–Crippen MR) is 93.6 cm³/mol. The Balaban J connectivity index is 2.05. The molecule has 0 fully saturated rings. The molecular formula is C20H25NO2. The molecule has 0 radical (unpaired) electrons. The van der Waals surface area contributed by atoms with Gasteiger partial charge in [0.05, 0.1) is 6.04 Å². The first kappa shape index (κ1) is 17.1. The molecule has 0 saturated heterocycles. The number of carbonyl (C=O) groups is 1. The van der Waals surface area contributed by atoms with Gasteiger partial charge >= 0.3 is 0 Å². The molecule has 1 amide bonds. The molecule has 122 valence electrons. The van der Waals surface area contributed by atoms with Gasteiger partial charge in [-0.2, -0.15) is 0 Å². The minimum atomic E-state index is -0.485. The Hall–Kier alpha value is -2.29. The summed E-state index contributed by atoms with van der Waals surface area (Å²) in [5.74, 6) is 0.698. The molecule has 2 aromatic rings. The van der Waals surface area contributed by atoms with Crippen molar-refractivity contribution in [2.24, 2.45) is 0 Å². The van der Waals surface area contributed by atoms with Crippen molar-refractivity contribution in [3.8, 4) is 5.75 Å². The second kappa shape index (κ2) is 7.82. The quantitative estimate of drug-likeness (QED) is 0.862. The summed E-state index contributed by atoms with van der Waals surface area (Å²) >= 11 is 0. The Bertz CT molecular complexity index is 652. The van der Waals surface area contributed by atoms with E-state index in [1.807, 2.05) is 76.2 Å². The lowest BCUT2D eigenvalue weighted by Gasteiger charge is -2.21. The van der Waals surface area contributed by atoms with Crippen LogP contribution in [-0.4, -0.2) is 12.0 Å². The lowest BCUT2D eigenvalue weighted by atomic mass is 10.1. The molecule has 0 spiro atoms. The van der Waals surface area contributed by atoms with Crippen molar-refractivity contribution in [1.29, 1.82) is 0 Å². The van der Waals surface area contributed by atoms with E-state index in [2.05, 4.69) is 5.32 Å². The third-order valence-corrected chi connectivity index (χ3v) is 3.93. The number of carbonyl (C=O) groups excluding carboxylic acids is 1. The Morgan fingerprint density at radius 2 is 1.83 bits per heavy atom. The molecule has 2 aromatic carbocycles. The van der Waals surface area contributed by atoms with E-state index in [1.165, 1.54) is 0 Å². The van der Waals surface area contributed by atoms with Crippen LogP contribution in [0.1, 0.15) is 43.0 Å². The molecular weight excluding hydrogens is 286 g/mol. The summed E-state index contributed by atoms with van der Waals surface area (Å²) in [6.45, 7) is 7.96. The fourth-order valence-electron chi connectivity index (χ4n) is 2.44. The summed E-state index contributed by atoms with van der Waals surface area (Å²) in [6, 6.07) is 15.9. The van der Waals surface area contributed by atoms with Gasteiger partial charge in [-0.3, -0.25) is 4.79 Å². The minimum Gasteiger partial charge on any atom is -0.480 e. The zero-order chi connectivity index (χ0) is 16.8. The van der Waals surface area contributed by atoms with Gasteiger partial charge < -0.3 is 10.1 Å². The van der Waals surface area contributed by atoms with Crippen LogP contribution in [0.3, 0.4) is 0 Å². The van der Waals surface area contributed by atoms with Crippen molar-refractivity contribution in [2.45, 2.75) is 46.3 Å². The molecule has 2 atom stereocenters. The molecule has 0 saturated carbocycles. The molecule has 2 rings (SSSR count). The monoisotopic (exact) mass is 311 g/mol. The van der Waals surface area contributed by atoms with Crippen molar-refractivity contribution in [3.63, 3.8) is 0 Å². The summed E-state index contributed by atoms with van der Waals surface area (Å²) in [5, 5.41) is 3.04. The van der Waals surface area contributed by atoms with Crippen LogP contribution in [0, 0.1) is 13.8 Å². The van der Waals surface area contributed by atoms with E-state index in [0.29, 0.717) is 6.42 Å². The van der Waals surface area contributed by atoms with Gasteiger partial charge in [-0.05, 0) is 49.9 Å².